The third-order valence-electron chi connectivity index (χ3n) is 4.64. The molecule has 0 spiro atoms. The Kier molecular flexibility index (Phi) is 4.67. The molecular formula is C21H17FN4O3. The fourth-order valence-electron chi connectivity index (χ4n) is 3.26. The normalized spacial score (nSPS) is 12.4. The highest BCUT2D eigenvalue weighted by molar-refractivity contribution is 6.03. The van der Waals surface area contributed by atoms with Crippen molar-refractivity contribution in [3.8, 4) is 11.4 Å². The Bertz CT molecular complexity index is 1110. The van der Waals surface area contributed by atoms with E-state index in [4.69, 9.17) is 5.11 Å². The molecular weight excluding hydrogens is 375 g/mol. The number of rotatable bonds is 5. The van der Waals surface area contributed by atoms with Crippen molar-refractivity contribution in [3.05, 3.63) is 70.7 Å². The number of carboxylic acids is 1. The Labute approximate surface area is 165 Å². The molecule has 0 fully saturated rings. The monoisotopic (exact) mass is 392 g/mol. The molecule has 1 aromatic heterocycles. The summed E-state index contributed by atoms with van der Waals surface area (Å²) in [6, 6.07) is 11.5. The number of carbonyl (C=O) groups is 2. The van der Waals surface area contributed by atoms with E-state index in [0.29, 0.717) is 28.1 Å². The van der Waals surface area contributed by atoms with Gasteiger partial charge in [-0.05, 0) is 36.2 Å². The van der Waals surface area contributed by atoms with Crippen LogP contribution in [0, 0.1) is 12.7 Å². The van der Waals surface area contributed by atoms with Gasteiger partial charge in [-0.15, -0.1) is 0 Å². The van der Waals surface area contributed by atoms with Gasteiger partial charge in [0.15, 0.2) is 5.82 Å². The van der Waals surface area contributed by atoms with E-state index in [0.717, 1.165) is 0 Å². The van der Waals surface area contributed by atoms with Gasteiger partial charge in [0.2, 0.25) is 0 Å². The molecule has 0 saturated heterocycles. The third-order valence-corrected chi connectivity index (χ3v) is 4.64. The molecule has 7 nitrogen and oxygen atoms in total. The van der Waals surface area contributed by atoms with Crippen molar-refractivity contribution in [1.29, 1.82) is 0 Å². The fourth-order valence-corrected chi connectivity index (χ4v) is 3.26. The molecule has 2 heterocycles. The van der Waals surface area contributed by atoms with E-state index in [1.807, 2.05) is 0 Å². The first-order valence-corrected chi connectivity index (χ1v) is 8.94. The van der Waals surface area contributed by atoms with Gasteiger partial charge in [-0.2, -0.15) is 0 Å². The van der Waals surface area contributed by atoms with E-state index in [1.54, 1.807) is 43.3 Å². The Morgan fingerprint density at radius 1 is 1.17 bits per heavy atom. The molecule has 0 radical (unpaired) electrons. The highest BCUT2D eigenvalue weighted by Crippen LogP contribution is 2.30. The first kappa shape index (κ1) is 18.5. The Morgan fingerprint density at radius 3 is 2.62 bits per heavy atom. The third kappa shape index (κ3) is 3.64. The number of carboxylic acid groups (broad SMARTS) is 1. The molecule has 1 aliphatic heterocycles. The lowest BCUT2D eigenvalue weighted by Gasteiger charge is -2.13. The number of hydrogen-bond donors (Lipinski definition) is 3. The Morgan fingerprint density at radius 2 is 1.93 bits per heavy atom. The van der Waals surface area contributed by atoms with Crippen molar-refractivity contribution in [2.45, 2.75) is 19.9 Å². The van der Waals surface area contributed by atoms with E-state index < -0.39 is 11.8 Å². The van der Waals surface area contributed by atoms with Crippen molar-refractivity contribution >= 4 is 23.4 Å². The summed E-state index contributed by atoms with van der Waals surface area (Å²) in [7, 11) is 0. The van der Waals surface area contributed by atoms with Crippen LogP contribution in [0.1, 0.15) is 27.2 Å². The summed E-state index contributed by atoms with van der Waals surface area (Å²) in [6.07, 6.45) is -0.0811. The SMILES string of the molecule is Cc1cccc(F)c1-c1nc2c(c(Nc3ccc(CC(=O)O)cc3)n1)C(=O)NC2. The number of hydrogen-bond acceptors (Lipinski definition) is 5. The molecule has 3 aromatic rings. The van der Waals surface area contributed by atoms with Gasteiger partial charge in [0.1, 0.15) is 17.2 Å². The minimum atomic E-state index is -0.916. The van der Waals surface area contributed by atoms with Crippen LogP contribution in [-0.2, 0) is 17.8 Å². The van der Waals surface area contributed by atoms with Gasteiger partial charge >= 0.3 is 5.97 Å². The molecule has 3 N–H and O–H groups in total. The quantitative estimate of drug-likeness (QED) is 0.616. The zero-order valence-corrected chi connectivity index (χ0v) is 15.5. The van der Waals surface area contributed by atoms with Crippen LogP contribution in [0.3, 0.4) is 0 Å². The number of anilines is 2. The fraction of sp³-hybridized carbons (Fsp3) is 0.143. The number of aryl methyl sites for hydroxylation is 1. The summed E-state index contributed by atoms with van der Waals surface area (Å²) in [5.74, 6) is -1.19. The standard InChI is InChI=1S/C21H17FN4O3/c1-11-3-2-4-14(22)17(11)19-25-15-10-23-21(29)18(15)20(26-19)24-13-7-5-12(6-8-13)9-16(27)28/h2-8H,9-10H2,1H3,(H,23,29)(H,27,28)(H,24,25,26). The molecule has 4 rings (SSSR count). The molecule has 29 heavy (non-hydrogen) atoms. The minimum Gasteiger partial charge on any atom is -0.481 e. The summed E-state index contributed by atoms with van der Waals surface area (Å²) in [5, 5.41) is 14.7. The van der Waals surface area contributed by atoms with Crippen molar-refractivity contribution in [3.63, 3.8) is 0 Å². The molecule has 0 aliphatic carbocycles. The summed E-state index contributed by atoms with van der Waals surface area (Å²) in [6.45, 7) is 2.01. The van der Waals surface area contributed by atoms with Crippen LogP contribution in [0.15, 0.2) is 42.5 Å². The lowest BCUT2D eigenvalue weighted by atomic mass is 10.1. The predicted octanol–water partition coefficient (Wildman–Crippen LogP) is 3.21. The number of nitrogens with one attached hydrogen (secondary N) is 2. The molecule has 1 aliphatic rings. The van der Waals surface area contributed by atoms with Gasteiger partial charge in [0.25, 0.3) is 5.91 Å². The van der Waals surface area contributed by atoms with E-state index in [1.165, 1.54) is 6.07 Å². The average molecular weight is 392 g/mol. The van der Waals surface area contributed by atoms with Crippen molar-refractivity contribution < 1.29 is 19.1 Å². The van der Waals surface area contributed by atoms with E-state index >= 15 is 0 Å². The van der Waals surface area contributed by atoms with E-state index in [9.17, 15) is 14.0 Å². The van der Waals surface area contributed by atoms with Crippen molar-refractivity contribution in [2.24, 2.45) is 0 Å². The number of benzene rings is 2. The summed E-state index contributed by atoms with van der Waals surface area (Å²) in [4.78, 5) is 31.9. The predicted molar refractivity (Wildman–Crippen MR) is 104 cm³/mol. The van der Waals surface area contributed by atoms with Gasteiger partial charge in [0.05, 0.1) is 24.2 Å². The number of carbonyl (C=O) groups excluding carboxylic acids is 1. The van der Waals surface area contributed by atoms with Gasteiger partial charge in [-0.3, -0.25) is 9.59 Å². The summed E-state index contributed by atoms with van der Waals surface area (Å²) >= 11 is 0. The highest BCUT2D eigenvalue weighted by atomic mass is 19.1. The molecule has 146 valence electrons. The number of aliphatic carboxylic acids is 1. The molecule has 0 saturated carbocycles. The number of fused-ring (bicyclic) bond motifs is 1. The van der Waals surface area contributed by atoms with Crippen LogP contribution in [0.5, 0.6) is 0 Å². The molecule has 0 bridgehead atoms. The van der Waals surface area contributed by atoms with Crippen LogP contribution in [0.2, 0.25) is 0 Å². The molecule has 2 aromatic carbocycles. The number of halogens is 1. The highest BCUT2D eigenvalue weighted by Gasteiger charge is 2.27. The van der Waals surface area contributed by atoms with Gasteiger partial charge in [0, 0.05) is 5.69 Å². The van der Waals surface area contributed by atoms with Gasteiger partial charge in [-0.1, -0.05) is 24.3 Å². The first-order valence-electron chi connectivity index (χ1n) is 8.94. The molecule has 0 atom stereocenters. The lowest BCUT2D eigenvalue weighted by Crippen LogP contribution is -2.14. The van der Waals surface area contributed by atoms with Crippen LogP contribution < -0.4 is 10.6 Å². The maximum absolute atomic E-state index is 14.4. The number of amides is 1. The summed E-state index contributed by atoms with van der Waals surface area (Å²) < 4.78 is 14.4. The number of nitrogens with zero attached hydrogens (tertiary/aromatic N) is 2. The zero-order valence-electron chi connectivity index (χ0n) is 15.5. The topological polar surface area (TPSA) is 104 Å². The van der Waals surface area contributed by atoms with Crippen LogP contribution in [-0.4, -0.2) is 27.0 Å². The molecule has 1 amide bonds. The Balaban J connectivity index is 1.76. The maximum atomic E-state index is 14.4. The summed E-state index contributed by atoms with van der Waals surface area (Å²) in [5.41, 5.74) is 3.05. The van der Waals surface area contributed by atoms with E-state index in [-0.39, 0.29) is 36.1 Å². The van der Waals surface area contributed by atoms with Gasteiger partial charge in [-0.25, -0.2) is 14.4 Å². The lowest BCUT2D eigenvalue weighted by molar-refractivity contribution is -0.136. The largest absolute Gasteiger partial charge is 0.481 e. The smallest absolute Gasteiger partial charge is 0.307 e. The average Bonchev–Trinajstić information content (AvgIpc) is 3.04. The molecule has 0 unspecified atom stereocenters. The van der Waals surface area contributed by atoms with Crippen LogP contribution >= 0.6 is 0 Å². The Hall–Kier alpha value is -3.81. The second-order valence-electron chi connectivity index (χ2n) is 6.72. The van der Waals surface area contributed by atoms with Crippen LogP contribution in [0.4, 0.5) is 15.9 Å². The zero-order chi connectivity index (χ0) is 20.5. The minimum absolute atomic E-state index is 0.0811. The molecule has 8 heteroatoms. The number of aromatic nitrogens is 2. The van der Waals surface area contributed by atoms with Crippen LogP contribution in [0.25, 0.3) is 11.4 Å². The van der Waals surface area contributed by atoms with Crippen molar-refractivity contribution in [1.82, 2.24) is 15.3 Å². The van der Waals surface area contributed by atoms with E-state index in [2.05, 4.69) is 20.6 Å². The second kappa shape index (κ2) is 7.31. The second-order valence-corrected chi connectivity index (χ2v) is 6.72. The van der Waals surface area contributed by atoms with Crippen molar-refractivity contribution in [2.75, 3.05) is 5.32 Å². The first-order chi connectivity index (χ1) is 13.9. The van der Waals surface area contributed by atoms with Gasteiger partial charge < -0.3 is 15.7 Å². The maximum Gasteiger partial charge on any atom is 0.307 e.